The zero-order chi connectivity index (χ0) is 13.0. The average molecular weight is 263 g/mol. The fourth-order valence-corrected chi connectivity index (χ4v) is 4.57. The van der Waals surface area contributed by atoms with Gasteiger partial charge >= 0.3 is 0 Å². The van der Waals surface area contributed by atoms with E-state index in [0.29, 0.717) is 24.2 Å². The normalized spacial score (nSPS) is 40.4. The Bertz CT molecular complexity index is 393. The summed E-state index contributed by atoms with van der Waals surface area (Å²) in [5.74, 6) is 0.421. The minimum atomic E-state index is -0.133. The standard InChI is InChI=1S/C15H25N3O/c1-2-4-13-16-15(7-8-15)14(19)18(13)12-6-10-17-9-3-5-11(12)17/h11-13,16H,2-10H2,1H3. The van der Waals surface area contributed by atoms with E-state index in [1.807, 2.05) is 0 Å². The summed E-state index contributed by atoms with van der Waals surface area (Å²) in [4.78, 5) is 17.7. The van der Waals surface area contributed by atoms with Gasteiger partial charge in [0.05, 0.1) is 17.7 Å². The van der Waals surface area contributed by atoms with Gasteiger partial charge in [-0.05, 0) is 45.1 Å². The molecule has 0 aromatic heterocycles. The molecule has 1 amide bonds. The van der Waals surface area contributed by atoms with E-state index in [4.69, 9.17) is 0 Å². The summed E-state index contributed by atoms with van der Waals surface area (Å²) in [6, 6.07) is 1.14. The fourth-order valence-electron chi connectivity index (χ4n) is 4.57. The highest BCUT2D eigenvalue weighted by molar-refractivity contribution is 5.92. The van der Waals surface area contributed by atoms with Crippen molar-refractivity contribution in [2.45, 2.75) is 75.7 Å². The number of nitrogens with one attached hydrogen (secondary N) is 1. The molecule has 3 heterocycles. The Hall–Kier alpha value is -0.610. The van der Waals surface area contributed by atoms with Crippen molar-refractivity contribution in [3.63, 3.8) is 0 Å². The lowest BCUT2D eigenvalue weighted by Crippen LogP contribution is -2.49. The van der Waals surface area contributed by atoms with Crippen LogP contribution in [0.4, 0.5) is 0 Å². The third kappa shape index (κ3) is 1.69. The smallest absolute Gasteiger partial charge is 0.244 e. The van der Waals surface area contributed by atoms with Crippen molar-refractivity contribution in [3.8, 4) is 0 Å². The van der Waals surface area contributed by atoms with Gasteiger partial charge in [0.15, 0.2) is 0 Å². The van der Waals surface area contributed by atoms with E-state index < -0.39 is 0 Å². The first-order valence-corrected chi connectivity index (χ1v) is 8.10. The van der Waals surface area contributed by atoms with E-state index in [1.165, 1.54) is 32.4 Å². The molecule has 3 saturated heterocycles. The van der Waals surface area contributed by atoms with E-state index in [0.717, 1.165) is 25.7 Å². The van der Waals surface area contributed by atoms with E-state index in [-0.39, 0.29) is 5.54 Å². The minimum absolute atomic E-state index is 0.133. The maximum Gasteiger partial charge on any atom is 0.244 e. The van der Waals surface area contributed by atoms with Crippen LogP contribution in [-0.2, 0) is 4.79 Å². The van der Waals surface area contributed by atoms with Gasteiger partial charge in [0.1, 0.15) is 0 Å². The fraction of sp³-hybridized carbons (Fsp3) is 0.933. The molecule has 0 bridgehead atoms. The molecule has 0 aromatic carbocycles. The summed E-state index contributed by atoms with van der Waals surface area (Å²) in [6.45, 7) is 4.67. The van der Waals surface area contributed by atoms with Gasteiger partial charge in [-0.3, -0.25) is 15.0 Å². The van der Waals surface area contributed by atoms with Gasteiger partial charge in [-0.25, -0.2) is 0 Å². The highest BCUT2D eigenvalue weighted by Gasteiger charge is 2.61. The van der Waals surface area contributed by atoms with Crippen LogP contribution < -0.4 is 5.32 Å². The minimum Gasteiger partial charge on any atom is -0.321 e. The van der Waals surface area contributed by atoms with Crippen LogP contribution in [-0.4, -0.2) is 52.6 Å². The molecule has 4 aliphatic rings. The molecule has 1 N–H and O–H groups in total. The number of nitrogens with zero attached hydrogens (tertiary/aromatic N) is 2. The lowest BCUT2D eigenvalue weighted by molar-refractivity contribution is -0.133. The summed E-state index contributed by atoms with van der Waals surface area (Å²) >= 11 is 0. The van der Waals surface area contributed by atoms with Gasteiger partial charge in [-0.1, -0.05) is 13.3 Å². The molecule has 3 unspecified atom stereocenters. The predicted octanol–water partition coefficient (Wildman–Crippen LogP) is 1.31. The molecule has 4 fully saturated rings. The van der Waals surface area contributed by atoms with E-state index in [2.05, 4.69) is 22.0 Å². The number of fused-ring (bicyclic) bond motifs is 1. The number of hydrogen-bond donors (Lipinski definition) is 1. The second kappa shape index (κ2) is 4.19. The molecule has 4 heteroatoms. The van der Waals surface area contributed by atoms with Gasteiger partial charge < -0.3 is 4.90 Å². The van der Waals surface area contributed by atoms with Crippen molar-refractivity contribution >= 4 is 5.91 Å². The molecule has 106 valence electrons. The summed E-state index contributed by atoms with van der Waals surface area (Å²) in [6.07, 6.45) is 8.49. The van der Waals surface area contributed by atoms with Crippen LogP contribution >= 0.6 is 0 Å². The molecule has 1 saturated carbocycles. The Morgan fingerprint density at radius 3 is 2.84 bits per heavy atom. The first-order valence-electron chi connectivity index (χ1n) is 8.10. The van der Waals surface area contributed by atoms with Gasteiger partial charge in [0.25, 0.3) is 0 Å². The Morgan fingerprint density at radius 1 is 1.26 bits per heavy atom. The Kier molecular flexibility index (Phi) is 2.68. The monoisotopic (exact) mass is 263 g/mol. The maximum atomic E-state index is 12.8. The number of rotatable bonds is 3. The first-order chi connectivity index (χ1) is 9.25. The van der Waals surface area contributed by atoms with Crippen LogP contribution in [0.2, 0.25) is 0 Å². The van der Waals surface area contributed by atoms with Crippen LogP contribution in [0, 0.1) is 0 Å². The number of amides is 1. The van der Waals surface area contributed by atoms with Crippen molar-refractivity contribution in [3.05, 3.63) is 0 Å². The number of hydrogen-bond acceptors (Lipinski definition) is 3. The maximum absolute atomic E-state index is 12.8. The summed E-state index contributed by atoms with van der Waals surface area (Å²) in [7, 11) is 0. The number of carbonyl (C=O) groups is 1. The highest BCUT2D eigenvalue weighted by atomic mass is 16.2. The van der Waals surface area contributed by atoms with Crippen LogP contribution in [0.25, 0.3) is 0 Å². The van der Waals surface area contributed by atoms with Crippen molar-refractivity contribution in [1.82, 2.24) is 15.1 Å². The average Bonchev–Trinajstić information content (AvgIpc) is 2.76. The van der Waals surface area contributed by atoms with Gasteiger partial charge in [0, 0.05) is 12.6 Å². The second-order valence-electron chi connectivity index (χ2n) is 6.84. The number of carbonyl (C=O) groups excluding carboxylic acids is 1. The first kappa shape index (κ1) is 12.2. The summed E-state index contributed by atoms with van der Waals surface area (Å²) < 4.78 is 0. The van der Waals surface area contributed by atoms with Gasteiger partial charge in [-0.2, -0.15) is 0 Å². The van der Waals surface area contributed by atoms with Gasteiger partial charge in [0.2, 0.25) is 5.91 Å². The SMILES string of the molecule is CCCC1NC2(CC2)C(=O)N1C1CCN2CCCC12. The van der Waals surface area contributed by atoms with E-state index in [9.17, 15) is 4.79 Å². The van der Waals surface area contributed by atoms with Gasteiger partial charge in [-0.15, -0.1) is 0 Å². The van der Waals surface area contributed by atoms with Crippen LogP contribution in [0.15, 0.2) is 0 Å². The molecular formula is C15H25N3O. The van der Waals surface area contributed by atoms with Crippen LogP contribution in [0.1, 0.15) is 51.9 Å². The zero-order valence-corrected chi connectivity index (χ0v) is 11.9. The quantitative estimate of drug-likeness (QED) is 0.834. The topological polar surface area (TPSA) is 35.6 Å². The summed E-state index contributed by atoms with van der Waals surface area (Å²) in [5, 5.41) is 3.66. The molecule has 0 radical (unpaired) electrons. The van der Waals surface area contributed by atoms with Crippen molar-refractivity contribution in [2.75, 3.05) is 13.1 Å². The second-order valence-corrected chi connectivity index (χ2v) is 6.84. The molecule has 3 aliphatic heterocycles. The highest BCUT2D eigenvalue weighted by Crippen LogP contribution is 2.45. The lowest BCUT2D eigenvalue weighted by Gasteiger charge is -2.33. The van der Waals surface area contributed by atoms with E-state index >= 15 is 0 Å². The molecule has 3 atom stereocenters. The lowest BCUT2D eigenvalue weighted by atomic mass is 10.0. The summed E-state index contributed by atoms with van der Waals surface area (Å²) in [5.41, 5.74) is -0.133. The van der Waals surface area contributed by atoms with Crippen LogP contribution in [0.3, 0.4) is 0 Å². The third-order valence-electron chi connectivity index (χ3n) is 5.66. The van der Waals surface area contributed by atoms with E-state index in [1.54, 1.807) is 0 Å². The van der Waals surface area contributed by atoms with Crippen molar-refractivity contribution in [2.24, 2.45) is 0 Å². The molecule has 1 aliphatic carbocycles. The van der Waals surface area contributed by atoms with Crippen molar-refractivity contribution in [1.29, 1.82) is 0 Å². The molecule has 1 spiro atoms. The molecule has 4 rings (SSSR count). The predicted molar refractivity (Wildman–Crippen MR) is 73.6 cm³/mol. The molecule has 4 nitrogen and oxygen atoms in total. The Balaban J connectivity index is 1.59. The molecular weight excluding hydrogens is 238 g/mol. The van der Waals surface area contributed by atoms with Crippen LogP contribution in [0.5, 0.6) is 0 Å². The molecule has 0 aromatic rings. The largest absolute Gasteiger partial charge is 0.321 e. The van der Waals surface area contributed by atoms with Crippen molar-refractivity contribution < 1.29 is 4.79 Å². The Morgan fingerprint density at radius 2 is 2.11 bits per heavy atom. The Labute approximate surface area is 115 Å². The third-order valence-corrected chi connectivity index (χ3v) is 5.66. The molecule has 19 heavy (non-hydrogen) atoms. The zero-order valence-electron chi connectivity index (χ0n) is 11.9.